The second-order valence-electron chi connectivity index (χ2n) is 9.19. The first-order valence-corrected chi connectivity index (χ1v) is 11.7. The van der Waals surface area contributed by atoms with Crippen LogP contribution in [0.15, 0.2) is 54.6 Å². The van der Waals surface area contributed by atoms with Crippen LogP contribution in [-0.4, -0.2) is 63.4 Å². The van der Waals surface area contributed by atoms with E-state index in [0.717, 1.165) is 30.6 Å². The summed E-state index contributed by atoms with van der Waals surface area (Å²) in [6.07, 6.45) is 2.59. The first-order chi connectivity index (χ1) is 15.0. The number of hydrogen-bond acceptors (Lipinski definition) is 4. The van der Waals surface area contributed by atoms with E-state index in [1.807, 2.05) is 14.1 Å². The van der Waals surface area contributed by atoms with Crippen LogP contribution in [0.2, 0.25) is 0 Å². The Morgan fingerprint density at radius 2 is 1.77 bits per heavy atom. The highest BCUT2D eigenvalue weighted by Crippen LogP contribution is 2.36. The van der Waals surface area contributed by atoms with E-state index in [1.54, 1.807) is 0 Å². The van der Waals surface area contributed by atoms with Crippen LogP contribution < -0.4 is 20.4 Å². The second-order valence-corrected chi connectivity index (χ2v) is 9.59. The van der Waals surface area contributed by atoms with Gasteiger partial charge in [0, 0.05) is 63.9 Å². The van der Waals surface area contributed by atoms with Crippen LogP contribution >= 0.6 is 12.2 Å². The molecule has 31 heavy (non-hydrogen) atoms. The molecule has 166 valence electrons. The predicted octanol–water partition coefficient (Wildman–Crippen LogP) is 3.89. The number of thiocarbonyl (C=S) groups is 1. The van der Waals surface area contributed by atoms with E-state index in [2.05, 4.69) is 87.0 Å². The lowest BCUT2D eigenvalue weighted by Gasteiger charge is -2.51. The smallest absolute Gasteiger partial charge is 0.170 e. The number of hydrogen-bond donors (Lipinski definition) is 2. The summed E-state index contributed by atoms with van der Waals surface area (Å²) in [7, 11) is 6.32. The Balaban J connectivity index is 1.24. The molecular weight excluding hydrogens is 402 g/mol. The van der Waals surface area contributed by atoms with Crippen LogP contribution in [0, 0.1) is 11.8 Å². The average Bonchev–Trinajstić information content (AvgIpc) is 2.79. The van der Waals surface area contributed by atoms with Crippen LogP contribution in [0.4, 0.5) is 17.1 Å². The zero-order chi connectivity index (χ0) is 21.8. The lowest BCUT2D eigenvalue weighted by atomic mass is 9.75. The number of rotatable bonds is 7. The van der Waals surface area contributed by atoms with Crippen molar-refractivity contribution in [2.75, 3.05) is 62.4 Å². The van der Waals surface area contributed by atoms with Crippen molar-refractivity contribution in [2.24, 2.45) is 11.8 Å². The molecule has 4 atom stereocenters. The molecule has 3 fully saturated rings. The molecule has 0 spiro atoms. The Kier molecular flexibility index (Phi) is 6.98. The second kappa shape index (κ2) is 9.88. The van der Waals surface area contributed by atoms with Gasteiger partial charge in [-0.2, -0.15) is 0 Å². The maximum Gasteiger partial charge on any atom is 0.170 e. The van der Waals surface area contributed by atoms with Gasteiger partial charge in [-0.05, 0) is 79.8 Å². The number of benzene rings is 2. The summed E-state index contributed by atoms with van der Waals surface area (Å²) in [4.78, 5) is 7.18. The van der Waals surface area contributed by atoms with E-state index in [9.17, 15) is 0 Å². The molecule has 0 aromatic heterocycles. The van der Waals surface area contributed by atoms with Gasteiger partial charge in [0.2, 0.25) is 0 Å². The highest BCUT2D eigenvalue weighted by molar-refractivity contribution is 7.80. The molecule has 0 amide bonds. The monoisotopic (exact) mass is 437 g/mol. The van der Waals surface area contributed by atoms with E-state index < -0.39 is 0 Å². The molecule has 3 saturated heterocycles. The van der Waals surface area contributed by atoms with Crippen LogP contribution in [0.3, 0.4) is 0 Å². The minimum absolute atomic E-state index is 0.577. The van der Waals surface area contributed by atoms with Crippen LogP contribution in [0.5, 0.6) is 0 Å². The molecule has 4 unspecified atom stereocenters. The fourth-order valence-corrected chi connectivity index (χ4v) is 5.24. The molecule has 3 aliphatic rings. The third kappa shape index (κ3) is 5.49. The van der Waals surface area contributed by atoms with Crippen molar-refractivity contribution in [2.45, 2.75) is 18.9 Å². The summed E-state index contributed by atoms with van der Waals surface area (Å²) in [6, 6.07) is 19.7. The van der Waals surface area contributed by atoms with Crippen molar-refractivity contribution in [3.63, 3.8) is 0 Å². The third-order valence-corrected chi connectivity index (χ3v) is 7.11. The quantitative estimate of drug-likeness (QED) is 0.640. The van der Waals surface area contributed by atoms with Crippen molar-refractivity contribution in [1.29, 1.82) is 0 Å². The molecule has 0 saturated carbocycles. The van der Waals surface area contributed by atoms with Crippen molar-refractivity contribution in [1.82, 2.24) is 10.2 Å². The molecule has 2 bridgehead atoms. The lowest BCUT2D eigenvalue weighted by Crippen LogP contribution is -2.58. The molecule has 5 rings (SSSR count). The fourth-order valence-electron chi connectivity index (χ4n) is 5.04. The summed E-state index contributed by atoms with van der Waals surface area (Å²) in [5, 5.41) is 7.49. The van der Waals surface area contributed by atoms with Gasteiger partial charge in [0.1, 0.15) is 0 Å². The van der Waals surface area contributed by atoms with Gasteiger partial charge in [-0.3, -0.25) is 4.90 Å². The van der Waals surface area contributed by atoms with Gasteiger partial charge in [0.25, 0.3) is 0 Å². The predicted molar refractivity (Wildman–Crippen MR) is 136 cm³/mol. The van der Waals surface area contributed by atoms with Crippen molar-refractivity contribution in [3.8, 4) is 0 Å². The van der Waals surface area contributed by atoms with E-state index >= 15 is 0 Å². The number of anilines is 3. The molecule has 3 heterocycles. The largest absolute Gasteiger partial charge is 0.378 e. The molecule has 0 radical (unpaired) electrons. The summed E-state index contributed by atoms with van der Waals surface area (Å²) in [5.74, 6) is 1.55. The van der Waals surface area contributed by atoms with Crippen molar-refractivity contribution >= 4 is 34.4 Å². The molecule has 5 nitrogen and oxygen atoms in total. The van der Waals surface area contributed by atoms with E-state index in [4.69, 9.17) is 12.2 Å². The van der Waals surface area contributed by atoms with Crippen molar-refractivity contribution in [3.05, 3.63) is 54.6 Å². The van der Waals surface area contributed by atoms with Gasteiger partial charge in [-0.25, -0.2) is 0 Å². The van der Waals surface area contributed by atoms with Gasteiger partial charge < -0.3 is 20.4 Å². The SMILES string of the molecule is CN(C)c1ccc(NC(=S)NCC2CC3CCN2CC3CN(C)c2ccccc2)cc1. The molecular formula is C25H35N5S. The minimum atomic E-state index is 0.577. The molecule has 0 aliphatic carbocycles. The zero-order valence-electron chi connectivity index (χ0n) is 18.9. The van der Waals surface area contributed by atoms with Gasteiger partial charge in [-0.15, -0.1) is 0 Å². The zero-order valence-corrected chi connectivity index (χ0v) is 19.7. The van der Waals surface area contributed by atoms with E-state index in [1.165, 1.54) is 37.3 Å². The maximum absolute atomic E-state index is 5.55. The number of nitrogens with one attached hydrogen (secondary N) is 2. The Hall–Kier alpha value is -2.31. The van der Waals surface area contributed by atoms with Crippen molar-refractivity contribution < 1.29 is 0 Å². The van der Waals surface area contributed by atoms with Gasteiger partial charge in [0.15, 0.2) is 5.11 Å². The molecule has 2 aromatic rings. The summed E-state index contributed by atoms with van der Waals surface area (Å²) in [6.45, 7) is 4.46. The molecule has 3 aliphatic heterocycles. The summed E-state index contributed by atoms with van der Waals surface area (Å²) in [5.41, 5.74) is 3.52. The first kappa shape index (κ1) is 21.9. The first-order valence-electron chi connectivity index (χ1n) is 11.3. The molecule has 6 heteroatoms. The number of para-hydroxylation sites is 1. The number of fused-ring (bicyclic) bond motifs is 3. The Labute approximate surface area is 192 Å². The Morgan fingerprint density at radius 1 is 1.03 bits per heavy atom. The number of piperidine rings is 3. The van der Waals surface area contributed by atoms with Gasteiger partial charge in [0.05, 0.1) is 0 Å². The Bertz CT molecular complexity index is 854. The molecule has 2 aromatic carbocycles. The highest BCUT2D eigenvalue weighted by Gasteiger charge is 2.40. The van der Waals surface area contributed by atoms with Gasteiger partial charge >= 0.3 is 0 Å². The van der Waals surface area contributed by atoms with E-state index in [0.29, 0.717) is 11.2 Å². The van der Waals surface area contributed by atoms with Crippen LogP contribution in [-0.2, 0) is 0 Å². The minimum Gasteiger partial charge on any atom is -0.378 e. The summed E-state index contributed by atoms with van der Waals surface area (Å²) < 4.78 is 0. The molecule has 2 N–H and O–H groups in total. The lowest BCUT2D eigenvalue weighted by molar-refractivity contribution is 0.00667. The normalized spacial score (nSPS) is 24.5. The average molecular weight is 438 g/mol. The fraction of sp³-hybridized carbons (Fsp3) is 0.480. The van der Waals surface area contributed by atoms with Gasteiger partial charge in [-0.1, -0.05) is 18.2 Å². The standard InChI is InChI=1S/C25H35N5S/c1-28(2)22-11-9-21(10-12-22)27-25(31)26-16-24-15-19-13-14-30(24)18-20(19)17-29(3)23-7-5-4-6-8-23/h4-12,19-20,24H,13-18H2,1-3H3,(H2,26,27,31). The third-order valence-electron chi connectivity index (χ3n) is 6.86. The topological polar surface area (TPSA) is 33.8 Å². The summed E-state index contributed by atoms with van der Waals surface area (Å²) >= 11 is 5.55. The Morgan fingerprint density at radius 3 is 2.42 bits per heavy atom. The van der Waals surface area contributed by atoms with Crippen LogP contribution in [0.1, 0.15) is 12.8 Å². The maximum atomic E-state index is 5.55. The highest BCUT2D eigenvalue weighted by atomic mass is 32.1. The van der Waals surface area contributed by atoms with Crippen LogP contribution in [0.25, 0.3) is 0 Å². The number of nitrogens with zero attached hydrogens (tertiary/aromatic N) is 3. The van der Waals surface area contributed by atoms with E-state index in [-0.39, 0.29) is 0 Å².